The fourth-order valence-corrected chi connectivity index (χ4v) is 3.22. The van der Waals surface area contributed by atoms with Gasteiger partial charge in [-0.2, -0.15) is 0 Å². The number of hydrogen-bond acceptors (Lipinski definition) is 4. The molecule has 0 aliphatic carbocycles. The number of amides is 1. The van der Waals surface area contributed by atoms with Crippen LogP contribution in [0.25, 0.3) is 0 Å². The molecule has 0 aromatic heterocycles. The van der Waals surface area contributed by atoms with Crippen molar-refractivity contribution in [3.8, 4) is 0 Å². The molecule has 2 rings (SSSR count). The summed E-state index contributed by atoms with van der Waals surface area (Å²) in [4.78, 5) is 16.1. The molecule has 3 N–H and O–H groups in total. The third-order valence-electron chi connectivity index (χ3n) is 4.34. The van der Waals surface area contributed by atoms with E-state index < -0.39 is 0 Å². The van der Waals surface area contributed by atoms with Crippen molar-refractivity contribution >= 4 is 5.91 Å². The number of piperidine rings is 2. The van der Waals surface area contributed by atoms with Gasteiger partial charge in [0.25, 0.3) is 0 Å². The second kappa shape index (κ2) is 7.82. The van der Waals surface area contributed by atoms with Gasteiger partial charge in [0.1, 0.15) is 0 Å². The molecular weight excluding hydrogens is 240 g/mol. The van der Waals surface area contributed by atoms with Gasteiger partial charge in [0.15, 0.2) is 0 Å². The van der Waals surface area contributed by atoms with E-state index in [4.69, 9.17) is 5.73 Å². The molecular formula is C14H28N4O. The average Bonchev–Trinajstić information content (AvgIpc) is 2.45. The number of likely N-dealkylation sites (tertiary alicyclic amines) is 1. The zero-order valence-electron chi connectivity index (χ0n) is 11.9. The maximum atomic E-state index is 11.3. The Morgan fingerprint density at radius 3 is 2.53 bits per heavy atom. The van der Waals surface area contributed by atoms with Crippen molar-refractivity contribution in [1.82, 2.24) is 15.1 Å². The van der Waals surface area contributed by atoms with Gasteiger partial charge in [-0.3, -0.25) is 9.69 Å². The maximum absolute atomic E-state index is 11.3. The highest BCUT2D eigenvalue weighted by Crippen LogP contribution is 2.13. The Hall–Kier alpha value is -0.650. The summed E-state index contributed by atoms with van der Waals surface area (Å²) >= 11 is 0. The van der Waals surface area contributed by atoms with Crippen molar-refractivity contribution in [3.05, 3.63) is 0 Å². The second-order valence-corrected chi connectivity index (χ2v) is 5.82. The lowest BCUT2D eigenvalue weighted by Gasteiger charge is -2.36. The van der Waals surface area contributed by atoms with Gasteiger partial charge in [-0.25, -0.2) is 0 Å². The Labute approximate surface area is 116 Å². The highest BCUT2D eigenvalue weighted by molar-refractivity contribution is 5.75. The smallest absolute Gasteiger partial charge is 0.231 e. The molecule has 2 aliphatic heterocycles. The van der Waals surface area contributed by atoms with E-state index >= 15 is 0 Å². The van der Waals surface area contributed by atoms with Crippen LogP contribution in [0.4, 0.5) is 0 Å². The van der Waals surface area contributed by atoms with Crippen molar-refractivity contribution < 1.29 is 4.79 Å². The van der Waals surface area contributed by atoms with E-state index in [0.717, 1.165) is 39.0 Å². The number of carbonyl (C=O) groups excluding carboxylic acids is 1. The van der Waals surface area contributed by atoms with Gasteiger partial charge in [0, 0.05) is 19.1 Å². The lowest BCUT2D eigenvalue weighted by molar-refractivity contribution is -0.119. The molecule has 0 aromatic rings. The Morgan fingerprint density at radius 1 is 1.21 bits per heavy atom. The molecule has 110 valence electrons. The fraction of sp³-hybridized carbons (Fsp3) is 0.929. The van der Waals surface area contributed by atoms with Crippen LogP contribution in [0.5, 0.6) is 0 Å². The van der Waals surface area contributed by atoms with Gasteiger partial charge >= 0.3 is 0 Å². The predicted octanol–water partition coefficient (Wildman–Crippen LogP) is 0.0116. The number of rotatable bonds is 6. The first kappa shape index (κ1) is 14.8. The van der Waals surface area contributed by atoms with Crippen molar-refractivity contribution in [2.24, 2.45) is 5.73 Å². The van der Waals surface area contributed by atoms with Crippen molar-refractivity contribution in [3.63, 3.8) is 0 Å². The van der Waals surface area contributed by atoms with Crippen LogP contribution in [-0.4, -0.2) is 67.6 Å². The van der Waals surface area contributed by atoms with E-state index in [1.54, 1.807) is 0 Å². The van der Waals surface area contributed by atoms with Crippen LogP contribution >= 0.6 is 0 Å². The molecule has 5 nitrogen and oxygen atoms in total. The van der Waals surface area contributed by atoms with Crippen LogP contribution in [0, 0.1) is 0 Å². The lowest BCUT2D eigenvalue weighted by atomic mass is 10.0. The average molecular weight is 268 g/mol. The number of nitrogens with one attached hydrogen (secondary N) is 1. The van der Waals surface area contributed by atoms with Crippen LogP contribution in [0.2, 0.25) is 0 Å². The topological polar surface area (TPSA) is 61.6 Å². The third-order valence-corrected chi connectivity index (χ3v) is 4.34. The predicted molar refractivity (Wildman–Crippen MR) is 77.0 cm³/mol. The van der Waals surface area contributed by atoms with Gasteiger partial charge in [-0.15, -0.1) is 0 Å². The summed E-state index contributed by atoms with van der Waals surface area (Å²) in [5, 5.41) is 3.38. The fourth-order valence-electron chi connectivity index (χ4n) is 3.22. The van der Waals surface area contributed by atoms with E-state index in [-0.39, 0.29) is 5.91 Å². The van der Waals surface area contributed by atoms with Crippen LogP contribution in [-0.2, 0) is 4.79 Å². The summed E-state index contributed by atoms with van der Waals surface area (Å²) in [5.41, 5.74) is 5.40. The Balaban J connectivity index is 1.80. The summed E-state index contributed by atoms with van der Waals surface area (Å²) in [6, 6.07) is 0.526. The molecule has 0 atom stereocenters. The molecule has 19 heavy (non-hydrogen) atoms. The van der Waals surface area contributed by atoms with Gasteiger partial charge in [-0.05, 0) is 51.9 Å². The highest BCUT2D eigenvalue weighted by atomic mass is 16.1. The van der Waals surface area contributed by atoms with E-state index in [9.17, 15) is 4.79 Å². The van der Waals surface area contributed by atoms with E-state index in [2.05, 4.69) is 15.1 Å². The molecule has 0 radical (unpaired) electrons. The van der Waals surface area contributed by atoms with Crippen LogP contribution in [0.1, 0.15) is 32.1 Å². The number of hydrogen-bond donors (Lipinski definition) is 2. The first-order chi connectivity index (χ1) is 9.25. The summed E-state index contributed by atoms with van der Waals surface area (Å²) in [6.07, 6.45) is 6.28. The summed E-state index contributed by atoms with van der Waals surface area (Å²) in [5.74, 6) is -0.197. The minimum absolute atomic E-state index is 0.197. The van der Waals surface area contributed by atoms with Crippen LogP contribution in [0.3, 0.4) is 0 Å². The number of nitrogens with two attached hydrogens (primary N) is 1. The van der Waals surface area contributed by atoms with E-state index in [1.807, 2.05) is 0 Å². The number of primary amides is 1. The molecule has 0 spiro atoms. The minimum Gasteiger partial charge on any atom is -0.369 e. The third kappa shape index (κ3) is 5.09. The highest BCUT2D eigenvalue weighted by Gasteiger charge is 2.22. The monoisotopic (exact) mass is 268 g/mol. The zero-order chi connectivity index (χ0) is 13.5. The maximum Gasteiger partial charge on any atom is 0.231 e. The van der Waals surface area contributed by atoms with Gasteiger partial charge in [0.2, 0.25) is 5.91 Å². The Bertz CT molecular complexity index is 273. The molecule has 2 fully saturated rings. The molecule has 0 unspecified atom stereocenters. The number of carbonyl (C=O) groups is 1. The molecule has 0 bridgehead atoms. The normalized spacial score (nSPS) is 22.8. The lowest BCUT2D eigenvalue weighted by Crippen LogP contribution is -2.49. The summed E-state index contributed by atoms with van der Waals surface area (Å²) < 4.78 is 0. The molecule has 2 aliphatic rings. The standard InChI is InChI=1S/C14H28N4O/c15-14(19)12-18(13-4-6-16-7-5-13)11-10-17-8-2-1-3-9-17/h13,16H,1-12H2,(H2,15,19). The molecule has 2 heterocycles. The minimum atomic E-state index is -0.197. The summed E-state index contributed by atoms with van der Waals surface area (Å²) in [6.45, 7) is 7.03. The first-order valence-electron chi connectivity index (χ1n) is 7.71. The second-order valence-electron chi connectivity index (χ2n) is 5.82. The first-order valence-corrected chi connectivity index (χ1v) is 7.71. The van der Waals surface area contributed by atoms with Crippen LogP contribution < -0.4 is 11.1 Å². The Morgan fingerprint density at radius 2 is 1.89 bits per heavy atom. The van der Waals surface area contributed by atoms with E-state index in [1.165, 1.54) is 32.4 Å². The van der Waals surface area contributed by atoms with Crippen molar-refractivity contribution in [1.29, 1.82) is 0 Å². The van der Waals surface area contributed by atoms with Gasteiger partial charge < -0.3 is 16.0 Å². The van der Waals surface area contributed by atoms with Gasteiger partial charge in [-0.1, -0.05) is 6.42 Å². The number of nitrogens with zero attached hydrogens (tertiary/aromatic N) is 2. The van der Waals surface area contributed by atoms with Crippen molar-refractivity contribution in [2.75, 3.05) is 45.8 Å². The quantitative estimate of drug-likeness (QED) is 0.712. The van der Waals surface area contributed by atoms with Crippen molar-refractivity contribution in [2.45, 2.75) is 38.1 Å². The summed E-state index contributed by atoms with van der Waals surface area (Å²) in [7, 11) is 0. The molecule has 2 saturated heterocycles. The Kier molecular flexibility index (Phi) is 6.07. The molecule has 5 heteroatoms. The van der Waals surface area contributed by atoms with Gasteiger partial charge in [0.05, 0.1) is 6.54 Å². The molecule has 0 saturated carbocycles. The van der Waals surface area contributed by atoms with Crippen LogP contribution in [0.15, 0.2) is 0 Å². The SMILES string of the molecule is NC(=O)CN(CCN1CCCCC1)C1CCNCC1. The van der Waals surface area contributed by atoms with E-state index in [0.29, 0.717) is 12.6 Å². The largest absolute Gasteiger partial charge is 0.369 e. The zero-order valence-corrected chi connectivity index (χ0v) is 11.9. The molecule has 0 aromatic carbocycles. The molecule has 1 amide bonds.